The fourth-order valence-corrected chi connectivity index (χ4v) is 2.02. The van der Waals surface area contributed by atoms with Crippen molar-refractivity contribution in [1.82, 2.24) is 25.7 Å². The number of aromatic nitrogens is 4. The van der Waals surface area contributed by atoms with Gasteiger partial charge in [-0.2, -0.15) is 15.4 Å². The number of carbonyl (C=O) groups excluding carboxylic acids is 1. The molecule has 2 aromatic rings. The zero-order valence-corrected chi connectivity index (χ0v) is 9.71. The van der Waals surface area contributed by atoms with Crippen LogP contribution in [0.2, 0.25) is 0 Å². The molecule has 0 radical (unpaired) electrons. The van der Waals surface area contributed by atoms with E-state index in [9.17, 15) is 4.79 Å². The predicted octanol–water partition coefficient (Wildman–Crippen LogP) is 1.06. The van der Waals surface area contributed by atoms with Gasteiger partial charge in [0.25, 0.3) is 5.91 Å². The minimum absolute atomic E-state index is 0.122. The molecule has 0 saturated carbocycles. The van der Waals surface area contributed by atoms with Crippen LogP contribution in [0.1, 0.15) is 34.2 Å². The van der Waals surface area contributed by atoms with Crippen molar-refractivity contribution in [2.75, 3.05) is 0 Å². The summed E-state index contributed by atoms with van der Waals surface area (Å²) in [5, 5.41) is 15.3. The summed E-state index contributed by atoms with van der Waals surface area (Å²) in [6.45, 7) is 3.81. The van der Waals surface area contributed by atoms with Gasteiger partial charge in [0.1, 0.15) is 5.01 Å². The van der Waals surface area contributed by atoms with Crippen molar-refractivity contribution < 1.29 is 4.79 Å². The minimum atomic E-state index is -0.255. The second-order valence-corrected chi connectivity index (χ2v) is 4.27. The van der Waals surface area contributed by atoms with E-state index in [-0.39, 0.29) is 17.6 Å². The molecule has 0 bridgehead atoms. The van der Waals surface area contributed by atoms with Crippen LogP contribution in [-0.2, 0) is 0 Å². The number of aryl methyl sites for hydroxylation is 1. The van der Waals surface area contributed by atoms with Crippen molar-refractivity contribution >= 4 is 17.2 Å². The Balaban J connectivity index is 2.03. The third-order valence-corrected chi connectivity index (χ3v) is 3.15. The lowest BCUT2D eigenvalue weighted by atomic mass is 10.3. The summed E-state index contributed by atoms with van der Waals surface area (Å²) in [6, 6.07) is -0.122. The van der Waals surface area contributed by atoms with E-state index in [1.54, 1.807) is 0 Å². The van der Waals surface area contributed by atoms with Gasteiger partial charge in [0.05, 0.1) is 12.2 Å². The fraction of sp³-hybridized carbons (Fsp3) is 0.333. The van der Waals surface area contributed by atoms with E-state index < -0.39 is 0 Å². The molecule has 2 N–H and O–H groups in total. The van der Waals surface area contributed by atoms with Gasteiger partial charge in [-0.15, -0.1) is 11.3 Å². The first kappa shape index (κ1) is 10.7. The zero-order valence-electron chi connectivity index (χ0n) is 8.89. The van der Waals surface area contributed by atoms with E-state index in [0.29, 0.717) is 0 Å². The molecule has 0 spiro atoms. The van der Waals surface area contributed by atoms with Gasteiger partial charge in [-0.25, -0.2) is 4.98 Å². The van der Waals surface area contributed by atoms with Crippen molar-refractivity contribution in [2.24, 2.45) is 0 Å². The molecule has 0 aliphatic carbocycles. The molecule has 0 aliphatic rings. The van der Waals surface area contributed by atoms with Crippen molar-refractivity contribution in [3.63, 3.8) is 0 Å². The summed E-state index contributed by atoms with van der Waals surface area (Å²) in [4.78, 5) is 15.9. The standard InChI is InChI=1S/C9H11N5OS/c1-5-4-16-9(11-5)6(2)12-8(15)7-3-10-14-13-7/h3-4,6H,1-2H3,(H,12,15)(H,10,13,14)/t6-/m1/s1. The van der Waals surface area contributed by atoms with E-state index in [4.69, 9.17) is 0 Å². The van der Waals surface area contributed by atoms with Crippen molar-refractivity contribution in [3.05, 3.63) is 28.0 Å². The maximum absolute atomic E-state index is 11.6. The molecule has 6 nitrogen and oxygen atoms in total. The van der Waals surface area contributed by atoms with Crippen LogP contribution in [0.5, 0.6) is 0 Å². The summed E-state index contributed by atoms with van der Waals surface area (Å²) >= 11 is 1.53. The lowest BCUT2D eigenvalue weighted by Gasteiger charge is -2.09. The molecular weight excluding hydrogens is 226 g/mol. The van der Waals surface area contributed by atoms with Gasteiger partial charge in [0, 0.05) is 11.1 Å². The Bertz CT molecular complexity index is 478. The summed E-state index contributed by atoms with van der Waals surface area (Å²) in [5.41, 5.74) is 1.24. The quantitative estimate of drug-likeness (QED) is 0.836. The van der Waals surface area contributed by atoms with Crippen molar-refractivity contribution in [1.29, 1.82) is 0 Å². The highest BCUT2D eigenvalue weighted by Crippen LogP contribution is 2.17. The van der Waals surface area contributed by atoms with Gasteiger partial charge in [0.15, 0.2) is 5.69 Å². The average molecular weight is 237 g/mol. The van der Waals surface area contributed by atoms with Gasteiger partial charge >= 0.3 is 0 Å². The number of H-pyrrole nitrogens is 1. The molecule has 1 atom stereocenters. The average Bonchev–Trinajstić information content (AvgIpc) is 2.87. The lowest BCUT2D eigenvalue weighted by Crippen LogP contribution is -2.26. The molecule has 7 heteroatoms. The first-order chi connectivity index (χ1) is 7.66. The van der Waals surface area contributed by atoms with Crippen LogP contribution in [0.4, 0.5) is 0 Å². The van der Waals surface area contributed by atoms with Crippen molar-refractivity contribution in [2.45, 2.75) is 19.9 Å². The zero-order chi connectivity index (χ0) is 11.5. The van der Waals surface area contributed by atoms with Gasteiger partial charge in [-0.3, -0.25) is 4.79 Å². The SMILES string of the molecule is Cc1csc([C@@H](C)NC(=O)c2cn[nH]n2)n1. The van der Waals surface area contributed by atoms with E-state index in [2.05, 4.69) is 25.7 Å². The predicted molar refractivity (Wildman–Crippen MR) is 59.1 cm³/mol. The first-order valence-electron chi connectivity index (χ1n) is 4.75. The molecule has 2 heterocycles. The van der Waals surface area contributed by atoms with Gasteiger partial charge in [-0.1, -0.05) is 0 Å². The number of carbonyl (C=O) groups is 1. The van der Waals surface area contributed by atoms with E-state index in [0.717, 1.165) is 10.7 Å². The molecule has 0 fully saturated rings. The molecule has 16 heavy (non-hydrogen) atoms. The van der Waals surface area contributed by atoms with Crippen LogP contribution in [-0.4, -0.2) is 26.3 Å². The Hall–Kier alpha value is -1.76. The number of aromatic amines is 1. The normalized spacial score (nSPS) is 12.4. The maximum atomic E-state index is 11.6. The number of amides is 1. The molecule has 0 aromatic carbocycles. The molecule has 1 amide bonds. The monoisotopic (exact) mass is 237 g/mol. The van der Waals surface area contributed by atoms with Gasteiger partial charge in [0.2, 0.25) is 0 Å². The fourth-order valence-electron chi connectivity index (χ4n) is 1.21. The lowest BCUT2D eigenvalue weighted by molar-refractivity contribution is 0.0934. The summed E-state index contributed by atoms with van der Waals surface area (Å²) < 4.78 is 0. The largest absolute Gasteiger partial charge is 0.342 e. The number of rotatable bonds is 3. The molecule has 0 unspecified atom stereocenters. The van der Waals surface area contributed by atoms with E-state index >= 15 is 0 Å². The van der Waals surface area contributed by atoms with Crippen LogP contribution >= 0.6 is 11.3 Å². The Morgan fingerprint density at radius 3 is 3.00 bits per heavy atom. The minimum Gasteiger partial charge on any atom is -0.342 e. The second kappa shape index (κ2) is 4.40. The smallest absolute Gasteiger partial charge is 0.274 e. The third kappa shape index (κ3) is 2.25. The van der Waals surface area contributed by atoms with E-state index in [1.165, 1.54) is 17.5 Å². The highest BCUT2D eigenvalue weighted by molar-refractivity contribution is 7.09. The van der Waals surface area contributed by atoms with Crippen molar-refractivity contribution in [3.8, 4) is 0 Å². The number of hydrogen-bond acceptors (Lipinski definition) is 5. The summed E-state index contributed by atoms with van der Waals surface area (Å²) in [5.74, 6) is -0.255. The molecule has 0 saturated heterocycles. The first-order valence-corrected chi connectivity index (χ1v) is 5.63. The number of hydrogen-bond donors (Lipinski definition) is 2. The van der Waals surface area contributed by atoms with Crippen LogP contribution in [0.15, 0.2) is 11.6 Å². The van der Waals surface area contributed by atoms with Gasteiger partial charge < -0.3 is 5.32 Å². The number of thiazole rings is 1. The van der Waals surface area contributed by atoms with Gasteiger partial charge in [-0.05, 0) is 13.8 Å². The number of nitrogens with zero attached hydrogens (tertiary/aromatic N) is 3. The molecule has 2 aromatic heterocycles. The Labute approximate surface area is 96.1 Å². The molecule has 2 rings (SSSR count). The topological polar surface area (TPSA) is 83.6 Å². The van der Waals surface area contributed by atoms with E-state index in [1.807, 2.05) is 19.2 Å². The van der Waals surface area contributed by atoms with Crippen LogP contribution in [0, 0.1) is 6.92 Å². The second-order valence-electron chi connectivity index (χ2n) is 3.38. The Morgan fingerprint density at radius 1 is 1.62 bits per heavy atom. The van der Waals surface area contributed by atoms with Crippen LogP contribution < -0.4 is 5.32 Å². The molecular formula is C9H11N5OS. The van der Waals surface area contributed by atoms with Crippen LogP contribution in [0.25, 0.3) is 0 Å². The summed E-state index contributed by atoms with van der Waals surface area (Å²) in [6.07, 6.45) is 1.38. The molecule has 0 aliphatic heterocycles. The maximum Gasteiger partial charge on any atom is 0.274 e. The Kier molecular flexibility index (Phi) is 2.95. The molecule has 84 valence electrons. The summed E-state index contributed by atoms with van der Waals surface area (Å²) in [7, 11) is 0. The number of nitrogens with one attached hydrogen (secondary N) is 2. The Morgan fingerprint density at radius 2 is 2.44 bits per heavy atom. The highest BCUT2D eigenvalue weighted by atomic mass is 32.1. The third-order valence-electron chi connectivity index (χ3n) is 2.00. The van der Waals surface area contributed by atoms with Crippen LogP contribution in [0.3, 0.4) is 0 Å². The highest BCUT2D eigenvalue weighted by Gasteiger charge is 2.15.